The summed E-state index contributed by atoms with van der Waals surface area (Å²) < 4.78 is 46.1. The highest BCUT2D eigenvalue weighted by atomic mass is 19.4. The first-order valence-electron chi connectivity index (χ1n) is 8.15. The van der Waals surface area contributed by atoms with Gasteiger partial charge in [0.1, 0.15) is 11.4 Å². The maximum atomic E-state index is 12.9. The molecule has 3 aromatic rings. The highest BCUT2D eigenvalue weighted by Crippen LogP contribution is 2.43. The van der Waals surface area contributed by atoms with Gasteiger partial charge in [0, 0.05) is 17.8 Å². The molecule has 3 heterocycles. The molecule has 4 rings (SSSR count). The van der Waals surface area contributed by atoms with Gasteiger partial charge in [-0.15, -0.1) is 0 Å². The number of H-pyrrole nitrogens is 1. The summed E-state index contributed by atoms with van der Waals surface area (Å²) in [6.07, 6.45) is -1.18. The fourth-order valence-corrected chi connectivity index (χ4v) is 3.27. The van der Waals surface area contributed by atoms with Crippen LogP contribution in [0.4, 0.5) is 13.2 Å². The molecule has 27 heavy (non-hydrogen) atoms. The molecule has 0 aliphatic carbocycles. The van der Waals surface area contributed by atoms with Gasteiger partial charge in [-0.1, -0.05) is 6.07 Å². The van der Waals surface area contributed by atoms with Gasteiger partial charge in [0.2, 0.25) is 0 Å². The van der Waals surface area contributed by atoms with Crippen molar-refractivity contribution in [3.8, 4) is 5.82 Å². The van der Waals surface area contributed by atoms with E-state index in [1.54, 1.807) is 26.2 Å². The zero-order valence-electron chi connectivity index (χ0n) is 14.5. The van der Waals surface area contributed by atoms with Crippen LogP contribution in [0.3, 0.4) is 0 Å². The minimum atomic E-state index is -4.40. The molecule has 9 heteroatoms. The first-order valence-corrected chi connectivity index (χ1v) is 8.15. The van der Waals surface area contributed by atoms with E-state index < -0.39 is 17.3 Å². The number of halogens is 3. The Bertz CT molecular complexity index is 1090. The molecular formula is C18H15F3N4O2. The van der Waals surface area contributed by atoms with Gasteiger partial charge in [0.25, 0.3) is 5.56 Å². The molecule has 2 aromatic heterocycles. The number of aryl methyl sites for hydroxylation is 1. The van der Waals surface area contributed by atoms with Crippen LogP contribution in [-0.2, 0) is 23.1 Å². The molecule has 0 spiro atoms. The number of rotatable bonds is 2. The third-order valence-electron chi connectivity index (χ3n) is 4.68. The van der Waals surface area contributed by atoms with Gasteiger partial charge in [-0.2, -0.15) is 18.3 Å². The molecular weight excluding hydrogens is 361 g/mol. The fraction of sp³-hybridized carbons (Fsp3) is 0.278. The number of aromatic nitrogens is 4. The molecule has 0 fully saturated rings. The summed E-state index contributed by atoms with van der Waals surface area (Å²) in [5.74, 6) is 0.791. The van der Waals surface area contributed by atoms with E-state index in [4.69, 9.17) is 4.74 Å². The summed E-state index contributed by atoms with van der Waals surface area (Å²) in [6, 6.07) is 4.92. The normalized spacial score (nSPS) is 19.3. The topological polar surface area (TPSA) is 72.8 Å². The Morgan fingerprint density at radius 3 is 2.78 bits per heavy atom. The molecule has 0 saturated carbocycles. The van der Waals surface area contributed by atoms with Crippen LogP contribution >= 0.6 is 0 Å². The van der Waals surface area contributed by atoms with E-state index in [0.29, 0.717) is 28.3 Å². The SMILES string of the molecule is Cc1nc(-n2cc(C3(C)OCc4cc(C(F)(F)F)ccc43)cn2)cc(=O)[nH]1. The standard InChI is InChI=1S/C18H15F3N4O2/c1-10-23-15(6-16(26)24-10)25-8-13(7-22-25)17(2)14-4-3-12(18(19,20)21)5-11(14)9-27-17/h3-8H,9H2,1-2H3,(H,23,24,26). The number of fused-ring (bicyclic) bond motifs is 1. The van der Waals surface area contributed by atoms with Crippen LogP contribution in [0.25, 0.3) is 5.82 Å². The molecule has 0 radical (unpaired) electrons. The van der Waals surface area contributed by atoms with Crippen LogP contribution in [0.1, 0.15) is 35.0 Å². The molecule has 1 aliphatic rings. The molecule has 6 nitrogen and oxygen atoms in total. The second-order valence-corrected chi connectivity index (χ2v) is 6.55. The number of alkyl halides is 3. The molecule has 1 aliphatic heterocycles. The summed E-state index contributed by atoms with van der Waals surface area (Å²) in [5.41, 5.74) is -0.138. The molecule has 0 amide bonds. The largest absolute Gasteiger partial charge is 0.416 e. The first-order chi connectivity index (χ1) is 12.7. The van der Waals surface area contributed by atoms with E-state index >= 15 is 0 Å². The molecule has 1 N–H and O–H groups in total. The zero-order valence-corrected chi connectivity index (χ0v) is 14.5. The lowest BCUT2D eigenvalue weighted by atomic mass is 9.88. The number of ether oxygens (including phenoxy) is 1. The third-order valence-corrected chi connectivity index (χ3v) is 4.68. The Kier molecular flexibility index (Phi) is 3.74. The van der Waals surface area contributed by atoms with Crippen molar-refractivity contribution in [3.63, 3.8) is 0 Å². The van der Waals surface area contributed by atoms with Gasteiger partial charge in [-0.25, -0.2) is 9.67 Å². The Morgan fingerprint density at radius 2 is 2.07 bits per heavy atom. The zero-order chi connectivity index (χ0) is 19.4. The monoisotopic (exact) mass is 376 g/mol. The number of nitrogens with one attached hydrogen (secondary N) is 1. The second kappa shape index (κ2) is 5.78. The smallest absolute Gasteiger partial charge is 0.361 e. The molecule has 0 saturated heterocycles. The second-order valence-electron chi connectivity index (χ2n) is 6.55. The lowest BCUT2D eigenvalue weighted by molar-refractivity contribution is -0.137. The summed E-state index contributed by atoms with van der Waals surface area (Å²) in [7, 11) is 0. The Morgan fingerprint density at radius 1 is 1.30 bits per heavy atom. The predicted octanol–water partition coefficient (Wildman–Crippen LogP) is 3.08. The third kappa shape index (κ3) is 2.93. The average molecular weight is 376 g/mol. The van der Waals surface area contributed by atoms with Crippen molar-refractivity contribution in [1.29, 1.82) is 0 Å². The molecule has 1 aromatic carbocycles. The number of aromatic amines is 1. The van der Waals surface area contributed by atoms with Gasteiger partial charge < -0.3 is 9.72 Å². The summed E-state index contributed by atoms with van der Waals surface area (Å²) in [4.78, 5) is 18.4. The van der Waals surface area contributed by atoms with Gasteiger partial charge >= 0.3 is 6.18 Å². The summed E-state index contributed by atoms with van der Waals surface area (Å²) in [6.45, 7) is 3.51. The lowest BCUT2D eigenvalue weighted by Gasteiger charge is -2.23. The van der Waals surface area contributed by atoms with Crippen molar-refractivity contribution in [1.82, 2.24) is 19.7 Å². The molecule has 140 valence electrons. The summed E-state index contributed by atoms with van der Waals surface area (Å²) in [5, 5.41) is 4.23. The lowest BCUT2D eigenvalue weighted by Crippen LogP contribution is -2.22. The quantitative estimate of drug-likeness (QED) is 0.746. The van der Waals surface area contributed by atoms with E-state index in [1.165, 1.54) is 16.8 Å². The number of nitrogens with zero attached hydrogens (tertiary/aromatic N) is 3. The maximum Gasteiger partial charge on any atom is 0.416 e. The Balaban J connectivity index is 1.74. The van der Waals surface area contributed by atoms with Crippen molar-refractivity contribution in [3.05, 3.63) is 75.1 Å². The van der Waals surface area contributed by atoms with E-state index in [2.05, 4.69) is 15.1 Å². The fourth-order valence-electron chi connectivity index (χ4n) is 3.27. The minimum Gasteiger partial charge on any atom is -0.361 e. The van der Waals surface area contributed by atoms with Crippen LogP contribution in [0, 0.1) is 6.92 Å². The number of hydrogen-bond acceptors (Lipinski definition) is 4. The van der Waals surface area contributed by atoms with E-state index in [1.807, 2.05) is 0 Å². The first kappa shape index (κ1) is 17.5. The Labute approximate surface area is 151 Å². The van der Waals surface area contributed by atoms with Crippen molar-refractivity contribution in [2.24, 2.45) is 0 Å². The van der Waals surface area contributed by atoms with Gasteiger partial charge in [0.15, 0.2) is 5.82 Å². The van der Waals surface area contributed by atoms with Crippen molar-refractivity contribution in [2.75, 3.05) is 0 Å². The van der Waals surface area contributed by atoms with Crippen LogP contribution in [0.15, 0.2) is 41.5 Å². The van der Waals surface area contributed by atoms with E-state index in [0.717, 1.165) is 12.1 Å². The van der Waals surface area contributed by atoms with Gasteiger partial charge in [-0.3, -0.25) is 4.79 Å². The summed E-state index contributed by atoms with van der Waals surface area (Å²) >= 11 is 0. The van der Waals surface area contributed by atoms with Crippen LogP contribution in [0.5, 0.6) is 0 Å². The van der Waals surface area contributed by atoms with Crippen molar-refractivity contribution < 1.29 is 17.9 Å². The minimum absolute atomic E-state index is 0.0727. The van der Waals surface area contributed by atoms with Crippen LogP contribution in [0.2, 0.25) is 0 Å². The number of benzene rings is 1. The van der Waals surface area contributed by atoms with Crippen LogP contribution in [-0.4, -0.2) is 19.7 Å². The average Bonchev–Trinajstić information content (AvgIpc) is 3.19. The van der Waals surface area contributed by atoms with Gasteiger partial charge in [-0.05, 0) is 37.1 Å². The molecule has 1 unspecified atom stereocenters. The number of hydrogen-bond donors (Lipinski definition) is 1. The molecule has 0 bridgehead atoms. The highest BCUT2D eigenvalue weighted by Gasteiger charge is 2.40. The predicted molar refractivity (Wildman–Crippen MR) is 89.4 cm³/mol. The van der Waals surface area contributed by atoms with Gasteiger partial charge in [0.05, 0.1) is 18.4 Å². The van der Waals surface area contributed by atoms with E-state index in [9.17, 15) is 18.0 Å². The highest BCUT2D eigenvalue weighted by molar-refractivity contribution is 5.45. The molecule has 1 atom stereocenters. The maximum absolute atomic E-state index is 12.9. The van der Waals surface area contributed by atoms with Crippen molar-refractivity contribution >= 4 is 0 Å². The Hall–Kier alpha value is -2.94. The van der Waals surface area contributed by atoms with Crippen LogP contribution < -0.4 is 5.56 Å². The van der Waals surface area contributed by atoms with E-state index in [-0.39, 0.29) is 12.2 Å². The van der Waals surface area contributed by atoms with Crippen molar-refractivity contribution in [2.45, 2.75) is 32.2 Å².